The highest BCUT2D eigenvalue weighted by Crippen LogP contribution is 2.13. The van der Waals surface area contributed by atoms with Crippen molar-refractivity contribution < 1.29 is 13.2 Å². The predicted molar refractivity (Wildman–Crippen MR) is 69.3 cm³/mol. The fourth-order valence-electron chi connectivity index (χ4n) is 1.88. The molecule has 1 aromatic rings. The second kappa shape index (κ2) is 4.87. The van der Waals surface area contributed by atoms with Crippen molar-refractivity contribution in [1.29, 1.82) is 0 Å². The maximum absolute atomic E-state index is 11.9. The molecule has 2 rings (SSSR count). The van der Waals surface area contributed by atoms with Gasteiger partial charge >= 0.3 is 0 Å². The zero-order valence-electron chi connectivity index (χ0n) is 9.47. The molecule has 1 aliphatic heterocycles. The number of carbonyl (C=O) groups excluding carboxylic acids is 1. The summed E-state index contributed by atoms with van der Waals surface area (Å²) < 4.78 is 22.7. The zero-order chi connectivity index (χ0) is 13.3. The van der Waals surface area contributed by atoms with Gasteiger partial charge in [0.1, 0.15) is 0 Å². The van der Waals surface area contributed by atoms with Gasteiger partial charge in [-0.2, -0.15) is 0 Å². The Morgan fingerprint density at radius 2 is 1.89 bits per heavy atom. The molecule has 1 aromatic carbocycles. The minimum absolute atomic E-state index is 0.0848. The van der Waals surface area contributed by atoms with Crippen molar-refractivity contribution in [2.24, 2.45) is 5.73 Å². The van der Waals surface area contributed by atoms with Crippen molar-refractivity contribution in [2.45, 2.75) is 12.1 Å². The van der Waals surface area contributed by atoms with Crippen LogP contribution in [-0.2, 0) is 9.84 Å². The van der Waals surface area contributed by atoms with Gasteiger partial charge < -0.3 is 11.1 Å². The molecule has 1 amide bonds. The van der Waals surface area contributed by atoms with Crippen LogP contribution in [0.3, 0.4) is 0 Å². The summed E-state index contributed by atoms with van der Waals surface area (Å²) in [5, 5.41) is 3.17. The Morgan fingerprint density at radius 3 is 2.39 bits per heavy atom. The molecule has 0 bridgehead atoms. The van der Waals surface area contributed by atoms with Crippen molar-refractivity contribution in [3.63, 3.8) is 0 Å². The molecular formula is C11H13ClN2O3S. The molecule has 0 saturated carbocycles. The van der Waals surface area contributed by atoms with E-state index in [-0.39, 0.29) is 17.4 Å². The van der Waals surface area contributed by atoms with E-state index in [4.69, 9.17) is 17.3 Å². The van der Waals surface area contributed by atoms with Crippen molar-refractivity contribution in [3.8, 4) is 0 Å². The number of amides is 1. The number of carbonyl (C=O) groups is 1. The third kappa shape index (κ3) is 3.01. The lowest BCUT2D eigenvalue weighted by Crippen LogP contribution is -2.46. The van der Waals surface area contributed by atoms with Gasteiger partial charge in [0, 0.05) is 16.6 Å². The first-order chi connectivity index (χ1) is 8.37. The minimum Gasteiger partial charge on any atom is -0.347 e. The minimum atomic E-state index is -3.14. The van der Waals surface area contributed by atoms with Crippen LogP contribution >= 0.6 is 11.6 Å². The summed E-state index contributed by atoms with van der Waals surface area (Å²) in [5.74, 6) is -0.532. The number of rotatable bonds is 2. The van der Waals surface area contributed by atoms with Crippen molar-refractivity contribution in [1.82, 2.24) is 5.32 Å². The number of sulfone groups is 1. The van der Waals surface area contributed by atoms with E-state index < -0.39 is 21.9 Å². The molecule has 1 aliphatic rings. The van der Waals surface area contributed by atoms with Crippen molar-refractivity contribution in [2.75, 3.05) is 11.5 Å². The van der Waals surface area contributed by atoms with E-state index >= 15 is 0 Å². The van der Waals surface area contributed by atoms with Gasteiger partial charge in [-0.25, -0.2) is 8.42 Å². The maximum atomic E-state index is 11.9. The lowest BCUT2D eigenvalue weighted by atomic mass is 10.1. The highest BCUT2D eigenvalue weighted by Gasteiger charge is 2.36. The van der Waals surface area contributed by atoms with Crippen LogP contribution in [0.1, 0.15) is 10.4 Å². The Hall–Kier alpha value is -1.11. The van der Waals surface area contributed by atoms with E-state index in [2.05, 4.69) is 5.32 Å². The Morgan fingerprint density at radius 1 is 1.28 bits per heavy atom. The van der Waals surface area contributed by atoms with E-state index in [0.29, 0.717) is 10.6 Å². The summed E-state index contributed by atoms with van der Waals surface area (Å²) in [6.07, 6.45) is 0. The quantitative estimate of drug-likeness (QED) is 0.813. The molecule has 5 nitrogen and oxygen atoms in total. The lowest BCUT2D eigenvalue weighted by Gasteiger charge is -2.15. The van der Waals surface area contributed by atoms with E-state index in [1.165, 1.54) is 0 Å². The molecule has 0 aliphatic carbocycles. The SMILES string of the molecule is N[C@H]1CS(=O)(=O)C[C@@H]1NC(=O)c1ccc(Cl)cc1. The Labute approximate surface area is 110 Å². The second-order valence-corrected chi connectivity index (χ2v) is 6.92. The molecule has 98 valence electrons. The van der Waals surface area contributed by atoms with Crippen molar-refractivity contribution >= 4 is 27.3 Å². The van der Waals surface area contributed by atoms with Crippen LogP contribution in [0.25, 0.3) is 0 Å². The first kappa shape index (κ1) is 13.3. The van der Waals surface area contributed by atoms with Gasteiger partial charge in [0.25, 0.3) is 5.91 Å². The third-order valence-electron chi connectivity index (χ3n) is 2.82. The number of nitrogens with one attached hydrogen (secondary N) is 1. The van der Waals surface area contributed by atoms with Gasteiger partial charge in [-0.1, -0.05) is 11.6 Å². The fourth-order valence-corrected chi connectivity index (χ4v) is 3.83. The molecule has 1 fully saturated rings. The van der Waals surface area contributed by atoms with Crippen LogP contribution in [0.4, 0.5) is 0 Å². The second-order valence-electron chi connectivity index (χ2n) is 4.33. The molecule has 0 unspecified atom stereocenters. The summed E-state index contributed by atoms with van der Waals surface area (Å²) in [6, 6.07) is 5.27. The largest absolute Gasteiger partial charge is 0.347 e. The lowest BCUT2D eigenvalue weighted by molar-refractivity contribution is 0.0938. The normalized spacial score (nSPS) is 25.9. The summed E-state index contributed by atoms with van der Waals surface area (Å²) in [6.45, 7) is 0. The van der Waals surface area contributed by atoms with Crippen LogP contribution in [0.5, 0.6) is 0 Å². The standard InChI is InChI=1S/C11H13ClN2O3S/c12-8-3-1-7(2-4-8)11(15)14-10-6-18(16,17)5-9(10)13/h1-4,9-10H,5-6,13H2,(H,14,15)/t9-,10-/m0/s1. The summed E-state index contributed by atoms with van der Waals surface area (Å²) in [4.78, 5) is 11.9. The fraction of sp³-hybridized carbons (Fsp3) is 0.364. The van der Waals surface area contributed by atoms with Gasteiger partial charge in [0.15, 0.2) is 9.84 Å². The smallest absolute Gasteiger partial charge is 0.251 e. The zero-order valence-corrected chi connectivity index (χ0v) is 11.0. The molecule has 0 radical (unpaired) electrons. The van der Waals surface area contributed by atoms with Crippen LogP contribution < -0.4 is 11.1 Å². The Kier molecular flexibility index (Phi) is 3.61. The van der Waals surface area contributed by atoms with Gasteiger partial charge in [-0.05, 0) is 24.3 Å². The van der Waals surface area contributed by atoms with Gasteiger partial charge in [0.05, 0.1) is 17.5 Å². The average Bonchev–Trinajstić information content (AvgIpc) is 2.52. The average molecular weight is 289 g/mol. The van der Waals surface area contributed by atoms with E-state index in [1.54, 1.807) is 24.3 Å². The van der Waals surface area contributed by atoms with Crippen LogP contribution in [-0.4, -0.2) is 37.9 Å². The molecule has 7 heteroatoms. The molecule has 1 saturated heterocycles. The number of nitrogens with two attached hydrogens (primary N) is 1. The van der Waals surface area contributed by atoms with Gasteiger partial charge in [0.2, 0.25) is 0 Å². The van der Waals surface area contributed by atoms with Crippen LogP contribution in [0, 0.1) is 0 Å². The topological polar surface area (TPSA) is 89.3 Å². The highest BCUT2D eigenvalue weighted by atomic mass is 35.5. The molecule has 1 heterocycles. The predicted octanol–water partition coefficient (Wildman–Crippen LogP) is 0.194. The molecule has 0 aromatic heterocycles. The molecule has 2 atom stereocenters. The number of halogens is 1. The highest BCUT2D eigenvalue weighted by molar-refractivity contribution is 7.91. The molecule has 0 spiro atoms. The van der Waals surface area contributed by atoms with E-state index in [9.17, 15) is 13.2 Å². The van der Waals surface area contributed by atoms with Crippen molar-refractivity contribution in [3.05, 3.63) is 34.9 Å². The molecule has 18 heavy (non-hydrogen) atoms. The monoisotopic (exact) mass is 288 g/mol. The van der Waals surface area contributed by atoms with Crippen LogP contribution in [0.15, 0.2) is 24.3 Å². The number of hydrogen-bond donors (Lipinski definition) is 2. The van der Waals surface area contributed by atoms with Crippen LogP contribution in [0.2, 0.25) is 5.02 Å². The van der Waals surface area contributed by atoms with Gasteiger partial charge in [-0.3, -0.25) is 4.79 Å². The Balaban J connectivity index is 2.06. The third-order valence-corrected chi connectivity index (χ3v) is 4.83. The molecule has 3 N–H and O–H groups in total. The first-order valence-corrected chi connectivity index (χ1v) is 7.60. The first-order valence-electron chi connectivity index (χ1n) is 5.40. The summed E-state index contributed by atoms with van der Waals surface area (Å²) in [7, 11) is -3.14. The maximum Gasteiger partial charge on any atom is 0.251 e. The summed E-state index contributed by atoms with van der Waals surface area (Å²) >= 11 is 5.72. The number of hydrogen-bond acceptors (Lipinski definition) is 4. The number of benzene rings is 1. The summed E-state index contributed by atoms with van der Waals surface area (Å²) in [5.41, 5.74) is 6.12. The van der Waals surface area contributed by atoms with E-state index in [1.807, 2.05) is 0 Å². The van der Waals surface area contributed by atoms with E-state index in [0.717, 1.165) is 0 Å². The Bertz CT molecular complexity index is 556. The van der Waals surface area contributed by atoms with Gasteiger partial charge in [-0.15, -0.1) is 0 Å². The molecular weight excluding hydrogens is 276 g/mol.